The molecule has 1 aliphatic heterocycles. The van der Waals surface area contributed by atoms with Gasteiger partial charge in [0, 0.05) is 11.6 Å². The molecule has 0 radical (unpaired) electrons. The second kappa shape index (κ2) is 5.48. The Morgan fingerprint density at radius 2 is 1.75 bits per heavy atom. The number of hydrogen-bond acceptors (Lipinski definition) is 3. The summed E-state index contributed by atoms with van der Waals surface area (Å²) >= 11 is 0. The average Bonchev–Trinajstić information content (AvgIpc) is 2.61. The fourth-order valence-corrected chi connectivity index (χ4v) is 3.22. The lowest BCUT2D eigenvalue weighted by molar-refractivity contribution is 0.156. The summed E-state index contributed by atoms with van der Waals surface area (Å²) in [5.41, 5.74) is 5.86. The van der Waals surface area contributed by atoms with Crippen LogP contribution in [0.1, 0.15) is 51.4 Å². The maximum atomic E-state index is 9.30. The van der Waals surface area contributed by atoms with Crippen molar-refractivity contribution in [2.24, 2.45) is 5.73 Å². The van der Waals surface area contributed by atoms with Gasteiger partial charge in [-0.2, -0.15) is 0 Å². The van der Waals surface area contributed by atoms with Gasteiger partial charge in [-0.15, -0.1) is 0 Å². The molecule has 2 rings (SSSR count). The second-order valence-electron chi connectivity index (χ2n) is 5.72. The smallest absolute Gasteiger partial charge is 0.0611 e. The normalized spacial score (nSPS) is 38.2. The van der Waals surface area contributed by atoms with E-state index in [1.54, 1.807) is 0 Å². The molecular weight excluding hydrogens is 200 g/mol. The number of likely N-dealkylation sites (tertiary alicyclic amines) is 1. The minimum absolute atomic E-state index is 0.150. The quantitative estimate of drug-likeness (QED) is 0.750. The lowest BCUT2D eigenvalue weighted by Gasteiger charge is -2.31. The largest absolute Gasteiger partial charge is 0.394 e. The molecule has 0 aromatic rings. The highest BCUT2D eigenvalue weighted by atomic mass is 16.3. The van der Waals surface area contributed by atoms with Crippen molar-refractivity contribution in [1.82, 2.24) is 4.90 Å². The number of rotatable bonds is 2. The molecule has 1 saturated heterocycles. The summed E-state index contributed by atoms with van der Waals surface area (Å²) in [6.45, 7) is 2.63. The Kier molecular flexibility index (Phi) is 4.22. The number of aliphatic hydroxyl groups excluding tert-OH is 1. The van der Waals surface area contributed by atoms with E-state index >= 15 is 0 Å². The zero-order chi connectivity index (χ0) is 11.4. The molecule has 3 heteroatoms. The summed E-state index contributed by atoms with van der Waals surface area (Å²) in [5, 5.41) is 9.30. The first-order valence-corrected chi connectivity index (χ1v) is 6.87. The summed E-state index contributed by atoms with van der Waals surface area (Å²) in [5.74, 6) is 0. The summed E-state index contributed by atoms with van der Waals surface area (Å²) in [4.78, 5) is 2.63. The van der Waals surface area contributed by atoms with Crippen molar-refractivity contribution in [1.29, 1.82) is 0 Å². The molecule has 94 valence electrons. The Bertz CT molecular complexity index is 211. The van der Waals surface area contributed by atoms with Gasteiger partial charge >= 0.3 is 0 Å². The van der Waals surface area contributed by atoms with Gasteiger partial charge in [-0.1, -0.05) is 19.3 Å². The van der Waals surface area contributed by atoms with E-state index in [0.717, 1.165) is 12.8 Å². The molecule has 3 nitrogen and oxygen atoms in total. The van der Waals surface area contributed by atoms with E-state index in [1.165, 1.54) is 51.6 Å². The van der Waals surface area contributed by atoms with Gasteiger partial charge in [0.15, 0.2) is 0 Å². The molecular formula is C13H26N2O. The van der Waals surface area contributed by atoms with Crippen LogP contribution in [0.2, 0.25) is 0 Å². The van der Waals surface area contributed by atoms with E-state index in [-0.39, 0.29) is 12.1 Å². The molecule has 2 fully saturated rings. The van der Waals surface area contributed by atoms with Crippen LogP contribution in [0.15, 0.2) is 0 Å². The number of nitrogens with two attached hydrogens (primary N) is 1. The highest BCUT2D eigenvalue weighted by Gasteiger charge is 2.37. The zero-order valence-corrected chi connectivity index (χ0v) is 10.3. The number of hydrogen-bond donors (Lipinski definition) is 2. The van der Waals surface area contributed by atoms with Crippen LogP contribution in [0.4, 0.5) is 0 Å². The van der Waals surface area contributed by atoms with E-state index in [4.69, 9.17) is 5.73 Å². The maximum Gasteiger partial charge on any atom is 0.0611 e. The third kappa shape index (κ3) is 2.96. The van der Waals surface area contributed by atoms with E-state index in [1.807, 2.05) is 0 Å². The Balaban J connectivity index is 1.86. The first-order valence-electron chi connectivity index (χ1n) is 6.87. The molecule has 1 heterocycles. The molecule has 0 aromatic heterocycles. The maximum absolute atomic E-state index is 9.30. The Hall–Kier alpha value is -0.120. The summed E-state index contributed by atoms with van der Waals surface area (Å²) in [6, 6.07) is 0.634. The number of nitrogens with zero attached hydrogens (tertiary/aromatic N) is 1. The highest BCUT2D eigenvalue weighted by Crippen LogP contribution is 2.31. The van der Waals surface area contributed by atoms with Crippen molar-refractivity contribution in [3.05, 3.63) is 0 Å². The van der Waals surface area contributed by atoms with Crippen LogP contribution in [0.25, 0.3) is 0 Å². The van der Waals surface area contributed by atoms with Crippen LogP contribution >= 0.6 is 0 Å². The van der Waals surface area contributed by atoms with Gasteiger partial charge < -0.3 is 15.7 Å². The molecule has 2 unspecified atom stereocenters. The van der Waals surface area contributed by atoms with Gasteiger partial charge in [0.2, 0.25) is 0 Å². The molecule has 1 saturated carbocycles. The van der Waals surface area contributed by atoms with Crippen molar-refractivity contribution in [2.75, 3.05) is 19.7 Å². The molecule has 0 spiro atoms. The standard InChI is InChI=1S/C13H26N2O/c14-13(11-16)7-6-12(10-13)15-8-4-2-1-3-5-9-15/h12,16H,1-11,14H2. The molecule has 0 aromatic carbocycles. The average molecular weight is 226 g/mol. The van der Waals surface area contributed by atoms with Crippen molar-refractivity contribution in [2.45, 2.75) is 62.9 Å². The summed E-state index contributed by atoms with van der Waals surface area (Å²) < 4.78 is 0. The second-order valence-corrected chi connectivity index (χ2v) is 5.72. The Morgan fingerprint density at radius 1 is 1.12 bits per heavy atom. The molecule has 1 aliphatic carbocycles. The molecule has 0 bridgehead atoms. The SMILES string of the molecule is NC1(CO)CCC(N2CCCCCCC2)C1. The van der Waals surface area contributed by atoms with Crippen molar-refractivity contribution in [3.8, 4) is 0 Å². The van der Waals surface area contributed by atoms with Gasteiger partial charge in [0.25, 0.3) is 0 Å². The molecule has 2 atom stereocenters. The lowest BCUT2D eigenvalue weighted by Crippen LogP contribution is -2.44. The van der Waals surface area contributed by atoms with Crippen LogP contribution < -0.4 is 5.73 Å². The van der Waals surface area contributed by atoms with Crippen molar-refractivity contribution >= 4 is 0 Å². The van der Waals surface area contributed by atoms with Crippen LogP contribution in [0.5, 0.6) is 0 Å². The number of aliphatic hydroxyl groups is 1. The van der Waals surface area contributed by atoms with Crippen LogP contribution in [-0.2, 0) is 0 Å². The summed E-state index contributed by atoms with van der Waals surface area (Å²) in [6.07, 6.45) is 10.0. The van der Waals surface area contributed by atoms with Crippen molar-refractivity contribution < 1.29 is 5.11 Å². The van der Waals surface area contributed by atoms with E-state index in [2.05, 4.69) is 4.90 Å². The third-order valence-electron chi connectivity index (χ3n) is 4.34. The van der Waals surface area contributed by atoms with Crippen LogP contribution in [0, 0.1) is 0 Å². The molecule has 0 amide bonds. The van der Waals surface area contributed by atoms with E-state index < -0.39 is 0 Å². The fraction of sp³-hybridized carbons (Fsp3) is 1.00. The molecule has 3 N–H and O–H groups in total. The third-order valence-corrected chi connectivity index (χ3v) is 4.34. The van der Waals surface area contributed by atoms with Gasteiger partial charge in [-0.05, 0) is 45.2 Å². The zero-order valence-electron chi connectivity index (χ0n) is 10.3. The first kappa shape index (κ1) is 12.3. The van der Waals surface area contributed by atoms with Crippen molar-refractivity contribution in [3.63, 3.8) is 0 Å². The van der Waals surface area contributed by atoms with Gasteiger partial charge in [-0.3, -0.25) is 0 Å². The topological polar surface area (TPSA) is 49.5 Å². The molecule has 16 heavy (non-hydrogen) atoms. The minimum atomic E-state index is -0.285. The fourth-order valence-electron chi connectivity index (χ4n) is 3.22. The van der Waals surface area contributed by atoms with Crippen LogP contribution in [-0.4, -0.2) is 41.3 Å². The Labute approximate surface area is 99.0 Å². The van der Waals surface area contributed by atoms with Gasteiger partial charge in [0.05, 0.1) is 6.61 Å². The Morgan fingerprint density at radius 3 is 2.31 bits per heavy atom. The van der Waals surface area contributed by atoms with Crippen LogP contribution in [0.3, 0.4) is 0 Å². The minimum Gasteiger partial charge on any atom is -0.394 e. The summed E-state index contributed by atoms with van der Waals surface area (Å²) in [7, 11) is 0. The van der Waals surface area contributed by atoms with E-state index in [9.17, 15) is 5.11 Å². The first-order chi connectivity index (χ1) is 7.73. The van der Waals surface area contributed by atoms with Gasteiger partial charge in [-0.25, -0.2) is 0 Å². The molecule has 2 aliphatic rings. The predicted octanol–water partition coefficient (Wildman–Crippen LogP) is 1.49. The van der Waals surface area contributed by atoms with E-state index in [0.29, 0.717) is 6.04 Å². The van der Waals surface area contributed by atoms with Gasteiger partial charge in [0.1, 0.15) is 0 Å². The predicted molar refractivity (Wildman–Crippen MR) is 66.3 cm³/mol. The lowest BCUT2D eigenvalue weighted by atomic mass is 10.00. The highest BCUT2D eigenvalue weighted by molar-refractivity contribution is 4.97. The monoisotopic (exact) mass is 226 g/mol.